The van der Waals surface area contributed by atoms with Gasteiger partial charge >= 0.3 is 0 Å². The van der Waals surface area contributed by atoms with Crippen LogP contribution in [0.25, 0.3) is 23.1 Å². The molecular weight excluding hydrogens is 420 g/mol. The molecular formula is C29H24N4O. The maximum absolute atomic E-state index is 12.5. The van der Waals surface area contributed by atoms with Gasteiger partial charge in [0.1, 0.15) is 0 Å². The summed E-state index contributed by atoms with van der Waals surface area (Å²) in [5, 5.41) is 11.7. The van der Waals surface area contributed by atoms with E-state index < -0.39 is 0 Å². The Balaban J connectivity index is 1.35. The first-order chi connectivity index (χ1) is 16.7. The highest BCUT2D eigenvalue weighted by atomic mass is 16.1. The maximum Gasteiger partial charge on any atom is 0.255 e. The Bertz CT molecular complexity index is 1460. The van der Waals surface area contributed by atoms with Crippen LogP contribution in [0.3, 0.4) is 0 Å². The summed E-state index contributed by atoms with van der Waals surface area (Å²) in [7, 11) is 2.01. The Morgan fingerprint density at radius 2 is 1.56 bits per heavy atom. The molecule has 0 bridgehead atoms. The molecule has 0 aliphatic heterocycles. The normalized spacial score (nSPS) is 11.1. The number of aromatic nitrogens is 2. The van der Waals surface area contributed by atoms with E-state index in [1.54, 1.807) is 12.1 Å². The van der Waals surface area contributed by atoms with E-state index in [0.717, 1.165) is 39.2 Å². The van der Waals surface area contributed by atoms with Gasteiger partial charge in [-0.25, -0.2) is 0 Å². The third-order valence-electron chi connectivity index (χ3n) is 5.72. The predicted octanol–water partition coefficient (Wildman–Crippen LogP) is 6.75. The summed E-state index contributed by atoms with van der Waals surface area (Å²) in [5.41, 5.74) is 6.35. The zero-order valence-electron chi connectivity index (χ0n) is 18.8. The summed E-state index contributed by atoms with van der Waals surface area (Å²) in [4.78, 5) is 14.6. The fourth-order valence-electron chi connectivity index (χ4n) is 3.84. The number of rotatable bonds is 6. The van der Waals surface area contributed by atoms with E-state index >= 15 is 0 Å². The number of nitrogens with one attached hydrogen (secondary N) is 2. The molecule has 34 heavy (non-hydrogen) atoms. The Hall–Kier alpha value is -4.64. The number of fused-ring (bicyclic) bond motifs is 1. The van der Waals surface area contributed by atoms with Crippen molar-refractivity contribution < 1.29 is 4.79 Å². The van der Waals surface area contributed by atoms with Gasteiger partial charge in [0.05, 0.1) is 11.2 Å². The molecule has 0 atom stereocenters. The first-order valence-corrected chi connectivity index (χ1v) is 11.1. The Morgan fingerprint density at radius 1 is 0.824 bits per heavy atom. The van der Waals surface area contributed by atoms with E-state index in [4.69, 9.17) is 0 Å². The number of hydrogen-bond donors (Lipinski definition) is 2. The zero-order valence-corrected chi connectivity index (χ0v) is 18.8. The van der Waals surface area contributed by atoms with Crippen LogP contribution in [0.2, 0.25) is 0 Å². The van der Waals surface area contributed by atoms with Gasteiger partial charge in [-0.2, -0.15) is 5.10 Å². The maximum atomic E-state index is 12.5. The molecule has 1 heterocycles. The summed E-state index contributed by atoms with van der Waals surface area (Å²) in [6.07, 6.45) is 4.08. The molecule has 5 rings (SSSR count). The van der Waals surface area contributed by atoms with Crippen molar-refractivity contribution in [3.05, 3.63) is 120 Å². The van der Waals surface area contributed by atoms with E-state index in [-0.39, 0.29) is 5.91 Å². The fourth-order valence-corrected chi connectivity index (χ4v) is 3.84. The average molecular weight is 445 g/mol. The van der Waals surface area contributed by atoms with Crippen molar-refractivity contribution in [1.82, 2.24) is 10.2 Å². The van der Waals surface area contributed by atoms with Gasteiger partial charge in [0, 0.05) is 35.1 Å². The number of hydrogen-bond acceptors (Lipinski definition) is 3. The molecule has 5 nitrogen and oxygen atoms in total. The van der Waals surface area contributed by atoms with Crippen molar-refractivity contribution in [1.29, 1.82) is 0 Å². The minimum atomic E-state index is -0.129. The minimum Gasteiger partial charge on any atom is -0.344 e. The molecule has 0 aliphatic carbocycles. The van der Waals surface area contributed by atoms with Gasteiger partial charge in [0.25, 0.3) is 5.91 Å². The molecule has 0 unspecified atom stereocenters. The summed E-state index contributed by atoms with van der Waals surface area (Å²) in [6, 6.07) is 33.4. The molecule has 1 aromatic heterocycles. The highest BCUT2D eigenvalue weighted by Gasteiger charge is 2.10. The molecule has 166 valence electrons. The van der Waals surface area contributed by atoms with Crippen molar-refractivity contribution in [2.24, 2.45) is 0 Å². The summed E-state index contributed by atoms with van der Waals surface area (Å²) >= 11 is 0. The lowest BCUT2D eigenvalue weighted by molar-refractivity contribution is 0.102. The van der Waals surface area contributed by atoms with Crippen LogP contribution in [0, 0.1) is 0 Å². The molecule has 0 saturated heterocycles. The molecule has 4 aromatic carbocycles. The Kier molecular flexibility index (Phi) is 5.91. The second-order valence-electron chi connectivity index (χ2n) is 8.01. The third kappa shape index (κ3) is 4.59. The number of nitrogens with zero attached hydrogens (tertiary/aromatic N) is 2. The molecule has 0 saturated carbocycles. The summed E-state index contributed by atoms with van der Waals surface area (Å²) < 4.78 is 0. The number of carbonyl (C=O) groups excluding carboxylic acids is 1. The van der Waals surface area contributed by atoms with Gasteiger partial charge in [-0.1, -0.05) is 60.7 Å². The van der Waals surface area contributed by atoms with Gasteiger partial charge in [0.15, 0.2) is 0 Å². The van der Waals surface area contributed by atoms with E-state index in [0.29, 0.717) is 5.56 Å². The summed E-state index contributed by atoms with van der Waals surface area (Å²) in [5.74, 6) is -0.129. The predicted molar refractivity (Wildman–Crippen MR) is 140 cm³/mol. The standard InChI is InChI=1S/C29H24N4O/c1-33(24-14-8-13-23(19-24)30-29(34)22-11-6-3-7-12-22)25-16-17-26-27(31-32-28(26)20-25)18-15-21-9-4-2-5-10-21/h2-20H,1H3,(H,30,34)(H,31,32). The number of anilines is 3. The lowest BCUT2D eigenvalue weighted by Gasteiger charge is -2.20. The quantitative estimate of drug-likeness (QED) is 0.304. The van der Waals surface area contributed by atoms with Crippen LogP contribution in [-0.2, 0) is 0 Å². The molecule has 1 amide bonds. The molecule has 0 fully saturated rings. The first-order valence-electron chi connectivity index (χ1n) is 11.1. The van der Waals surface area contributed by atoms with Gasteiger partial charge in [0.2, 0.25) is 0 Å². The molecule has 5 heteroatoms. The van der Waals surface area contributed by atoms with Crippen molar-refractivity contribution in [3.63, 3.8) is 0 Å². The van der Waals surface area contributed by atoms with Crippen LogP contribution in [0.15, 0.2) is 103 Å². The van der Waals surface area contributed by atoms with Gasteiger partial charge in [-0.15, -0.1) is 0 Å². The van der Waals surface area contributed by atoms with Crippen LogP contribution in [0.4, 0.5) is 17.1 Å². The van der Waals surface area contributed by atoms with E-state index in [1.165, 1.54) is 0 Å². The monoisotopic (exact) mass is 444 g/mol. The Labute approximate surface area is 198 Å². The smallest absolute Gasteiger partial charge is 0.255 e. The number of aromatic amines is 1. The van der Waals surface area contributed by atoms with E-state index in [2.05, 4.69) is 56.8 Å². The molecule has 5 aromatic rings. The fraction of sp³-hybridized carbons (Fsp3) is 0.0345. The van der Waals surface area contributed by atoms with Crippen molar-refractivity contribution in [3.8, 4) is 0 Å². The second kappa shape index (κ2) is 9.46. The minimum absolute atomic E-state index is 0.129. The molecule has 2 N–H and O–H groups in total. The number of amides is 1. The molecule has 0 spiro atoms. The third-order valence-corrected chi connectivity index (χ3v) is 5.72. The number of H-pyrrole nitrogens is 1. The largest absolute Gasteiger partial charge is 0.344 e. The van der Waals surface area contributed by atoms with E-state index in [9.17, 15) is 4.79 Å². The van der Waals surface area contributed by atoms with Crippen molar-refractivity contribution in [2.75, 3.05) is 17.3 Å². The van der Waals surface area contributed by atoms with E-state index in [1.807, 2.05) is 73.8 Å². The molecule has 0 radical (unpaired) electrons. The average Bonchev–Trinajstić information content (AvgIpc) is 3.30. The zero-order chi connectivity index (χ0) is 23.3. The van der Waals surface area contributed by atoms with Crippen LogP contribution in [0.5, 0.6) is 0 Å². The van der Waals surface area contributed by atoms with Crippen LogP contribution >= 0.6 is 0 Å². The topological polar surface area (TPSA) is 61.0 Å². The highest BCUT2D eigenvalue weighted by Crippen LogP contribution is 2.29. The second-order valence-corrected chi connectivity index (χ2v) is 8.01. The van der Waals surface area contributed by atoms with Crippen LogP contribution in [-0.4, -0.2) is 23.2 Å². The van der Waals surface area contributed by atoms with Gasteiger partial charge < -0.3 is 10.2 Å². The van der Waals surface area contributed by atoms with Crippen molar-refractivity contribution >= 4 is 46.0 Å². The van der Waals surface area contributed by atoms with Crippen LogP contribution < -0.4 is 10.2 Å². The number of benzene rings is 4. The van der Waals surface area contributed by atoms with Crippen molar-refractivity contribution in [2.45, 2.75) is 0 Å². The lowest BCUT2D eigenvalue weighted by atomic mass is 10.1. The number of carbonyl (C=O) groups is 1. The van der Waals surface area contributed by atoms with Crippen LogP contribution in [0.1, 0.15) is 21.6 Å². The SMILES string of the molecule is CN(c1cccc(NC(=O)c2ccccc2)c1)c1ccc2c(C=Cc3ccccc3)n[nH]c2c1. The summed E-state index contributed by atoms with van der Waals surface area (Å²) in [6.45, 7) is 0. The van der Waals surface area contributed by atoms with Gasteiger partial charge in [-0.05, 0) is 60.2 Å². The first kappa shape index (κ1) is 21.2. The van der Waals surface area contributed by atoms with Gasteiger partial charge in [-0.3, -0.25) is 9.89 Å². The molecule has 0 aliphatic rings. The Morgan fingerprint density at radius 3 is 2.35 bits per heavy atom. The highest BCUT2D eigenvalue weighted by molar-refractivity contribution is 6.04. The lowest BCUT2D eigenvalue weighted by Crippen LogP contribution is -2.13.